The number of hydrogen-bond donors (Lipinski definition) is 1. The van der Waals surface area contributed by atoms with E-state index in [-0.39, 0.29) is 16.7 Å². The number of hydrogen-bond acceptors (Lipinski definition) is 3. The van der Waals surface area contributed by atoms with Crippen molar-refractivity contribution in [2.24, 2.45) is 0 Å². The molecule has 4 nitrogen and oxygen atoms in total. The third-order valence-corrected chi connectivity index (χ3v) is 3.36. The van der Waals surface area contributed by atoms with Gasteiger partial charge in [-0.1, -0.05) is 23.7 Å². The van der Waals surface area contributed by atoms with Crippen LogP contribution in [0.25, 0.3) is 16.7 Å². The van der Waals surface area contributed by atoms with Gasteiger partial charge in [-0.2, -0.15) is 0 Å². The summed E-state index contributed by atoms with van der Waals surface area (Å²) in [6.07, 6.45) is 0. The Hall–Kier alpha value is -2.27. The van der Waals surface area contributed by atoms with Crippen LogP contribution in [-0.4, -0.2) is 16.7 Å². The van der Waals surface area contributed by atoms with E-state index in [0.717, 1.165) is 0 Å². The fraction of sp³-hybridized carbons (Fsp3) is 0.0714. The zero-order chi connectivity index (χ0) is 14.3. The molecule has 3 rings (SSSR count). The molecule has 1 aromatic heterocycles. The first-order valence-corrected chi connectivity index (χ1v) is 6.26. The highest BCUT2D eigenvalue weighted by Gasteiger charge is 2.18. The van der Waals surface area contributed by atoms with Crippen LogP contribution in [0.5, 0.6) is 5.75 Å². The first kappa shape index (κ1) is 12.7. The quantitative estimate of drug-likeness (QED) is 0.787. The molecule has 20 heavy (non-hydrogen) atoms. The van der Waals surface area contributed by atoms with Gasteiger partial charge >= 0.3 is 0 Å². The molecule has 0 saturated carbocycles. The molecular weight excluding hydrogens is 281 g/mol. The maximum absolute atomic E-state index is 14.1. The highest BCUT2D eigenvalue weighted by molar-refractivity contribution is 6.32. The average molecular weight is 292 g/mol. The lowest BCUT2D eigenvalue weighted by Crippen LogP contribution is -2.03. The van der Waals surface area contributed by atoms with E-state index >= 15 is 0 Å². The van der Waals surface area contributed by atoms with Gasteiger partial charge in [0.25, 0.3) is 0 Å². The summed E-state index contributed by atoms with van der Waals surface area (Å²) < 4.78 is 20.8. The number of methoxy groups -OCH3 is 1. The maximum Gasteiger partial charge on any atom is 0.206 e. The van der Waals surface area contributed by atoms with E-state index in [1.54, 1.807) is 31.4 Å². The monoisotopic (exact) mass is 291 g/mol. The number of anilines is 1. The molecule has 102 valence electrons. The highest BCUT2D eigenvalue weighted by Crippen LogP contribution is 2.33. The minimum Gasteiger partial charge on any atom is -0.494 e. The summed E-state index contributed by atoms with van der Waals surface area (Å²) in [5.74, 6) is 0.253. The van der Waals surface area contributed by atoms with Crippen molar-refractivity contribution >= 4 is 28.6 Å². The van der Waals surface area contributed by atoms with Crippen LogP contribution in [0.2, 0.25) is 5.02 Å². The fourth-order valence-corrected chi connectivity index (χ4v) is 2.44. The van der Waals surface area contributed by atoms with Gasteiger partial charge in [0.15, 0.2) is 0 Å². The number of para-hydroxylation sites is 2. The number of imidazole rings is 1. The van der Waals surface area contributed by atoms with Gasteiger partial charge < -0.3 is 10.5 Å². The largest absolute Gasteiger partial charge is 0.494 e. The van der Waals surface area contributed by atoms with Crippen LogP contribution in [0.15, 0.2) is 36.4 Å². The molecule has 2 aromatic carbocycles. The number of aromatic nitrogens is 2. The summed E-state index contributed by atoms with van der Waals surface area (Å²) in [5, 5.41) is 0.263. The number of rotatable bonds is 2. The number of fused-ring (bicyclic) bond motifs is 1. The lowest BCUT2D eigenvalue weighted by atomic mass is 10.2. The second-order valence-electron chi connectivity index (χ2n) is 4.20. The van der Waals surface area contributed by atoms with Gasteiger partial charge in [0.2, 0.25) is 5.95 Å². The molecule has 0 atom stereocenters. The van der Waals surface area contributed by atoms with E-state index in [0.29, 0.717) is 16.8 Å². The molecule has 0 spiro atoms. The molecule has 0 aliphatic heterocycles. The van der Waals surface area contributed by atoms with Crippen molar-refractivity contribution in [3.8, 4) is 11.4 Å². The van der Waals surface area contributed by atoms with Crippen LogP contribution in [0.1, 0.15) is 0 Å². The molecule has 0 amide bonds. The predicted octanol–water partition coefficient (Wildman–Crippen LogP) is 3.41. The number of benzene rings is 2. The van der Waals surface area contributed by atoms with E-state index in [9.17, 15) is 4.39 Å². The summed E-state index contributed by atoms with van der Waals surface area (Å²) >= 11 is 6.09. The molecule has 0 unspecified atom stereocenters. The maximum atomic E-state index is 14.1. The van der Waals surface area contributed by atoms with Crippen LogP contribution < -0.4 is 10.5 Å². The van der Waals surface area contributed by atoms with Gasteiger partial charge in [0, 0.05) is 0 Å². The van der Waals surface area contributed by atoms with Gasteiger partial charge in [-0.05, 0) is 24.3 Å². The molecule has 0 radical (unpaired) electrons. The molecule has 0 aliphatic rings. The van der Waals surface area contributed by atoms with E-state index in [4.69, 9.17) is 22.1 Å². The van der Waals surface area contributed by atoms with E-state index in [1.807, 2.05) is 0 Å². The normalized spacial score (nSPS) is 10.9. The number of nitrogen functional groups attached to an aromatic ring is 1. The molecule has 3 aromatic rings. The second-order valence-corrected chi connectivity index (χ2v) is 4.61. The smallest absolute Gasteiger partial charge is 0.206 e. The molecule has 6 heteroatoms. The molecule has 0 fully saturated rings. The lowest BCUT2D eigenvalue weighted by Gasteiger charge is -2.10. The number of ether oxygens (including phenoxy) is 1. The third-order valence-electron chi connectivity index (χ3n) is 3.06. The van der Waals surface area contributed by atoms with Gasteiger partial charge in [-0.25, -0.2) is 9.37 Å². The Morgan fingerprint density at radius 1 is 1.25 bits per heavy atom. The summed E-state index contributed by atoms with van der Waals surface area (Å²) in [6.45, 7) is 0. The van der Waals surface area contributed by atoms with E-state index in [2.05, 4.69) is 4.98 Å². The summed E-state index contributed by atoms with van der Waals surface area (Å²) in [5.41, 5.74) is 7.30. The van der Waals surface area contributed by atoms with Crippen molar-refractivity contribution in [2.75, 3.05) is 12.8 Å². The molecular formula is C14H11ClFN3O. The summed E-state index contributed by atoms with van der Waals surface area (Å²) in [6, 6.07) is 9.80. The van der Waals surface area contributed by atoms with Crippen molar-refractivity contribution in [3.63, 3.8) is 0 Å². The molecule has 1 heterocycles. The summed E-state index contributed by atoms with van der Waals surface area (Å²) in [4.78, 5) is 4.23. The zero-order valence-electron chi connectivity index (χ0n) is 10.6. The third kappa shape index (κ3) is 1.78. The lowest BCUT2D eigenvalue weighted by molar-refractivity contribution is 0.419. The van der Waals surface area contributed by atoms with Crippen molar-refractivity contribution < 1.29 is 9.13 Å². The first-order chi connectivity index (χ1) is 9.63. The Morgan fingerprint density at radius 3 is 2.70 bits per heavy atom. The standard InChI is InChI=1S/C14H11ClFN3O/c1-20-11-7-3-6-10-12(11)18-14(17)19(10)13-8(15)4-2-5-9(13)16/h2-7H,1H3,(H2,17,18). The van der Waals surface area contributed by atoms with Gasteiger partial charge in [-0.3, -0.25) is 4.57 Å². The molecule has 0 bridgehead atoms. The average Bonchev–Trinajstić information content (AvgIpc) is 2.75. The van der Waals surface area contributed by atoms with Gasteiger partial charge in [-0.15, -0.1) is 0 Å². The topological polar surface area (TPSA) is 53.1 Å². The van der Waals surface area contributed by atoms with Crippen LogP contribution in [-0.2, 0) is 0 Å². The van der Waals surface area contributed by atoms with E-state index in [1.165, 1.54) is 16.7 Å². The molecule has 2 N–H and O–H groups in total. The van der Waals surface area contributed by atoms with Gasteiger partial charge in [0.05, 0.1) is 17.6 Å². The highest BCUT2D eigenvalue weighted by atomic mass is 35.5. The van der Waals surface area contributed by atoms with Crippen LogP contribution in [0.3, 0.4) is 0 Å². The predicted molar refractivity (Wildman–Crippen MR) is 77.0 cm³/mol. The number of nitrogens with zero attached hydrogens (tertiary/aromatic N) is 2. The van der Waals surface area contributed by atoms with E-state index < -0.39 is 5.82 Å². The van der Waals surface area contributed by atoms with Crippen LogP contribution in [0.4, 0.5) is 10.3 Å². The minimum absolute atomic E-state index is 0.150. The number of halogens is 2. The van der Waals surface area contributed by atoms with Crippen LogP contribution >= 0.6 is 11.6 Å². The molecule has 0 saturated heterocycles. The SMILES string of the molecule is COc1cccc2c1nc(N)n2-c1c(F)cccc1Cl. The Bertz CT molecular complexity index is 780. The Morgan fingerprint density at radius 2 is 2.00 bits per heavy atom. The van der Waals surface area contributed by atoms with Crippen molar-refractivity contribution in [2.45, 2.75) is 0 Å². The Balaban J connectivity index is 2.40. The van der Waals surface area contributed by atoms with Crippen LogP contribution in [0, 0.1) is 5.82 Å². The fourth-order valence-electron chi connectivity index (χ4n) is 2.19. The second kappa shape index (κ2) is 4.68. The summed E-state index contributed by atoms with van der Waals surface area (Å²) in [7, 11) is 1.54. The number of nitrogens with two attached hydrogens (primary N) is 1. The van der Waals surface area contributed by atoms with Crippen molar-refractivity contribution in [1.82, 2.24) is 9.55 Å². The van der Waals surface area contributed by atoms with Gasteiger partial charge in [0.1, 0.15) is 22.8 Å². The van der Waals surface area contributed by atoms with Crippen molar-refractivity contribution in [3.05, 3.63) is 47.2 Å². The molecule has 0 aliphatic carbocycles. The minimum atomic E-state index is -0.466. The Kier molecular flexibility index (Phi) is 2.99. The Labute approximate surface area is 119 Å². The first-order valence-electron chi connectivity index (χ1n) is 5.89. The zero-order valence-corrected chi connectivity index (χ0v) is 11.4. The van der Waals surface area contributed by atoms with Crippen molar-refractivity contribution in [1.29, 1.82) is 0 Å².